The van der Waals surface area contributed by atoms with Gasteiger partial charge in [-0.1, -0.05) is 286 Å². The first kappa shape index (κ1) is 77.5. The average Bonchev–Trinajstić information content (AvgIpc) is 3.42. The molecule has 0 aromatic rings. The van der Waals surface area contributed by atoms with E-state index in [2.05, 4.69) is 86.8 Å². The first-order valence-electron chi connectivity index (χ1n) is 33.6. The molecule has 0 aromatic heterocycles. The third kappa shape index (κ3) is 64.6. The molecule has 466 valence electrons. The van der Waals surface area contributed by atoms with E-state index in [1.807, 2.05) is 21.1 Å². The number of allylic oxidation sites excluding steroid dienone is 12. The normalized spacial score (nSPS) is 13.6. The smallest absolute Gasteiger partial charge is 0.306 e. The van der Waals surface area contributed by atoms with Gasteiger partial charge in [0.1, 0.15) is 19.8 Å². The number of phosphoric ester groups is 1. The number of carbonyl (C=O) groups excluding carboxylic acids is 2. The van der Waals surface area contributed by atoms with Crippen molar-refractivity contribution in [2.75, 3.05) is 47.5 Å². The van der Waals surface area contributed by atoms with Crippen molar-refractivity contribution < 1.29 is 42.1 Å². The summed E-state index contributed by atoms with van der Waals surface area (Å²) < 4.78 is 34.3. The van der Waals surface area contributed by atoms with Crippen molar-refractivity contribution in [2.24, 2.45) is 0 Å². The lowest BCUT2D eigenvalue weighted by molar-refractivity contribution is -0.870. The van der Waals surface area contributed by atoms with Gasteiger partial charge in [-0.15, -0.1) is 0 Å². The Hall–Kier alpha value is -2.55. The fraction of sp³-hybridized carbons (Fsp3) is 0.800. The number of nitrogens with zero attached hydrogens (tertiary/aromatic N) is 1. The Morgan fingerprint density at radius 2 is 0.713 bits per heavy atom. The van der Waals surface area contributed by atoms with E-state index >= 15 is 0 Å². The highest BCUT2D eigenvalue weighted by molar-refractivity contribution is 7.45. The van der Waals surface area contributed by atoms with Crippen LogP contribution in [0.5, 0.6) is 0 Å². The van der Waals surface area contributed by atoms with E-state index in [0.717, 1.165) is 70.6 Å². The van der Waals surface area contributed by atoms with Gasteiger partial charge in [0, 0.05) is 12.8 Å². The summed E-state index contributed by atoms with van der Waals surface area (Å²) in [6.45, 7) is 4.16. The number of ether oxygens (including phenoxy) is 2. The van der Waals surface area contributed by atoms with Gasteiger partial charge < -0.3 is 27.9 Å². The predicted molar refractivity (Wildman–Crippen MR) is 342 cm³/mol. The van der Waals surface area contributed by atoms with E-state index in [0.29, 0.717) is 17.4 Å². The standard InChI is InChI=1S/C70H128NO8P/c1-6-8-10-12-14-16-18-20-22-24-26-28-30-32-34-35-37-39-41-43-45-47-49-51-53-55-57-59-61-63-70(73)79-68(67-78-80(74,75)77-65-64-71(3,4)5)66-76-69(72)62-60-58-56-54-52-50-48-46-44-42-40-38-36-33-31-29-27-25-23-21-19-17-15-13-11-9-7-2/h8,10,14,16,19-22,25-28,68H,6-7,9,11-13,15,17-18,23-24,29-67H2,1-5H3/b10-8-,16-14-,21-19-,22-20-,27-25-,28-26-. The van der Waals surface area contributed by atoms with E-state index in [1.54, 1.807) is 0 Å². The minimum Gasteiger partial charge on any atom is -0.756 e. The zero-order chi connectivity index (χ0) is 58.4. The Kier molecular flexibility index (Phi) is 59.1. The van der Waals surface area contributed by atoms with Crippen LogP contribution in [0.15, 0.2) is 72.9 Å². The number of esters is 2. The maximum atomic E-state index is 12.9. The maximum absolute atomic E-state index is 12.9. The molecule has 2 atom stereocenters. The molecule has 0 N–H and O–H groups in total. The second-order valence-corrected chi connectivity index (χ2v) is 25.2. The van der Waals surface area contributed by atoms with Gasteiger partial charge in [0.15, 0.2) is 6.10 Å². The molecule has 0 rings (SSSR count). The Morgan fingerprint density at radius 3 is 1.06 bits per heavy atom. The molecule has 9 nitrogen and oxygen atoms in total. The van der Waals surface area contributed by atoms with Crippen molar-refractivity contribution in [1.29, 1.82) is 0 Å². The predicted octanol–water partition coefficient (Wildman–Crippen LogP) is 21.0. The summed E-state index contributed by atoms with van der Waals surface area (Å²) in [5.74, 6) is -0.822. The number of hydrogen-bond acceptors (Lipinski definition) is 8. The molecule has 10 heteroatoms. The molecule has 0 aliphatic carbocycles. The number of carbonyl (C=O) groups is 2. The van der Waals surface area contributed by atoms with Crippen LogP contribution in [0.1, 0.15) is 309 Å². The molecule has 0 amide bonds. The fourth-order valence-electron chi connectivity index (χ4n) is 9.56. The van der Waals surface area contributed by atoms with Gasteiger partial charge in [-0.2, -0.15) is 0 Å². The molecule has 0 heterocycles. The van der Waals surface area contributed by atoms with E-state index in [9.17, 15) is 19.0 Å². The molecule has 0 aliphatic rings. The summed E-state index contributed by atoms with van der Waals surface area (Å²) in [5.41, 5.74) is 0. The highest BCUT2D eigenvalue weighted by Gasteiger charge is 2.22. The summed E-state index contributed by atoms with van der Waals surface area (Å²) in [4.78, 5) is 38.0. The lowest BCUT2D eigenvalue weighted by Crippen LogP contribution is -2.37. The zero-order valence-electron chi connectivity index (χ0n) is 53.0. The Bertz CT molecular complexity index is 1580. The van der Waals surface area contributed by atoms with E-state index in [1.165, 1.54) is 205 Å². The maximum Gasteiger partial charge on any atom is 0.306 e. The summed E-state index contributed by atoms with van der Waals surface area (Å²) in [6.07, 6.45) is 81.1. The second-order valence-electron chi connectivity index (χ2n) is 23.8. The third-order valence-electron chi connectivity index (χ3n) is 14.7. The highest BCUT2D eigenvalue weighted by atomic mass is 31.2. The Labute approximate surface area is 495 Å². The van der Waals surface area contributed by atoms with Crippen LogP contribution in [0.2, 0.25) is 0 Å². The first-order chi connectivity index (χ1) is 39.0. The zero-order valence-corrected chi connectivity index (χ0v) is 53.9. The van der Waals surface area contributed by atoms with Gasteiger partial charge in [0.05, 0.1) is 27.7 Å². The second kappa shape index (κ2) is 61.0. The lowest BCUT2D eigenvalue weighted by Gasteiger charge is -2.28. The average molecular weight is 1140 g/mol. The molecular formula is C70H128NO8P. The third-order valence-corrected chi connectivity index (χ3v) is 15.7. The van der Waals surface area contributed by atoms with Gasteiger partial charge in [-0.05, 0) is 83.5 Å². The number of quaternary nitrogens is 1. The SMILES string of the molecule is CC/C=C\C/C=C\C/C=C\C/C=C\CCCCCCCCCCCCCCCCCCC(=O)OC(COC(=O)CCCCCCCCCCCCCCCCC/C=C\C/C=C\CCCCCCC)COP(=O)([O-])OCC[N+](C)(C)C. The van der Waals surface area contributed by atoms with Crippen LogP contribution in [0, 0.1) is 0 Å². The minimum absolute atomic E-state index is 0.0312. The number of unbranched alkanes of at least 4 members (excludes halogenated alkanes) is 36. The van der Waals surface area contributed by atoms with Crippen LogP contribution >= 0.6 is 7.82 Å². The topological polar surface area (TPSA) is 111 Å². The quantitative estimate of drug-likeness (QED) is 0.0195. The lowest BCUT2D eigenvalue weighted by atomic mass is 10.0. The van der Waals surface area contributed by atoms with Crippen LogP contribution in [-0.4, -0.2) is 70.0 Å². The van der Waals surface area contributed by atoms with Gasteiger partial charge >= 0.3 is 11.9 Å². The van der Waals surface area contributed by atoms with Crippen molar-refractivity contribution in [2.45, 2.75) is 315 Å². The molecule has 0 bridgehead atoms. The first-order valence-corrected chi connectivity index (χ1v) is 35.1. The van der Waals surface area contributed by atoms with E-state index < -0.39 is 26.5 Å². The van der Waals surface area contributed by atoms with Crippen LogP contribution < -0.4 is 4.89 Å². The van der Waals surface area contributed by atoms with Crippen molar-refractivity contribution >= 4 is 19.8 Å². The number of hydrogen-bond donors (Lipinski definition) is 0. The van der Waals surface area contributed by atoms with Crippen LogP contribution in [0.25, 0.3) is 0 Å². The molecule has 2 unspecified atom stereocenters. The molecule has 0 saturated heterocycles. The molecule has 0 saturated carbocycles. The molecule has 0 radical (unpaired) electrons. The van der Waals surface area contributed by atoms with Crippen molar-refractivity contribution in [3.8, 4) is 0 Å². The van der Waals surface area contributed by atoms with E-state index in [-0.39, 0.29) is 32.0 Å². The summed E-state index contributed by atoms with van der Waals surface area (Å²) in [6, 6.07) is 0. The van der Waals surface area contributed by atoms with Crippen LogP contribution in [-0.2, 0) is 32.7 Å². The van der Waals surface area contributed by atoms with Gasteiger partial charge in [0.2, 0.25) is 0 Å². The largest absolute Gasteiger partial charge is 0.756 e. The minimum atomic E-state index is -4.64. The highest BCUT2D eigenvalue weighted by Crippen LogP contribution is 2.38. The molecule has 0 spiro atoms. The summed E-state index contributed by atoms with van der Waals surface area (Å²) in [7, 11) is 1.17. The van der Waals surface area contributed by atoms with Crippen molar-refractivity contribution in [1.82, 2.24) is 0 Å². The monoisotopic (exact) mass is 1140 g/mol. The Morgan fingerprint density at radius 1 is 0.400 bits per heavy atom. The molecular weight excluding hydrogens is 1010 g/mol. The fourth-order valence-corrected chi connectivity index (χ4v) is 10.3. The number of rotatable bonds is 62. The number of phosphoric acid groups is 1. The van der Waals surface area contributed by atoms with Crippen LogP contribution in [0.3, 0.4) is 0 Å². The summed E-state index contributed by atoms with van der Waals surface area (Å²) in [5, 5.41) is 0. The van der Waals surface area contributed by atoms with Crippen molar-refractivity contribution in [3.05, 3.63) is 72.9 Å². The van der Waals surface area contributed by atoms with Gasteiger partial charge in [-0.25, -0.2) is 0 Å². The molecule has 0 fully saturated rings. The van der Waals surface area contributed by atoms with Gasteiger partial charge in [0.25, 0.3) is 7.82 Å². The van der Waals surface area contributed by atoms with Crippen LogP contribution in [0.4, 0.5) is 0 Å². The molecule has 80 heavy (non-hydrogen) atoms. The van der Waals surface area contributed by atoms with Gasteiger partial charge in [-0.3, -0.25) is 14.2 Å². The number of likely N-dealkylation sites (N-methyl/N-ethyl adjacent to an activating group) is 1. The molecule has 0 aromatic carbocycles. The Balaban J connectivity index is 4.05. The molecule has 0 aliphatic heterocycles. The van der Waals surface area contributed by atoms with Crippen molar-refractivity contribution in [3.63, 3.8) is 0 Å². The summed E-state index contributed by atoms with van der Waals surface area (Å²) >= 11 is 0. The van der Waals surface area contributed by atoms with E-state index in [4.69, 9.17) is 18.5 Å².